The molecule has 2 nitrogen and oxygen atoms in total. The summed E-state index contributed by atoms with van der Waals surface area (Å²) in [6.07, 6.45) is 0. The minimum atomic E-state index is 0.619. The number of nitrogens with zero attached hydrogens (tertiary/aromatic N) is 1. The van der Waals surface area contributed by atoms with Gasteiger partial charge in [-0.3, -0.25) is 0 Å². The second-order valence-corrected chi connectivity index (χ2v) is 1.98. The summed E-state index contributed by atoms with van der Waals surface area (Å²) < 4.78 is 0. The number of hydrogen-bond acceptors (Lipinski definition) is 1. The van der Waals surface area contributed by atoms with Crippen LogP contribution in [0.3, 0.4) is 0 Å². The first kappa shape index (κ1) is 5.06. The molecule has 0 amide bonds. The Labute approximate surface area is 44.3 Å². The van der Waals surface area contributed by atoms with Gasteiger partial charge in [0.15, 0.2) is 0 Å². The molecule has 0 bridgehead atoms. The Balaban J connectivity index is 2.12. The van der Waals surface area contributed by atoms with E-state index < -0.39 is 0 Å². The third kappa shape index (κ3) is 1.45. The van der Waals surface area contributed by atoms with E-state index in [-0.39, 0.29) is 0 Å². The highest BCUT2D eigenvalue weighted by molar-refractivity contribution is 4.90. The molecule has 0 aromatic rings. The fourth-order valence-electron chi connectivity index (χ4n) is 0.739. The molecular formula is C5H11N2-. The third-order valence-electron chi connectivity index (χ3n) is 1.17. The summed E-state index contributed by atoms with van der Waals surface area (Å²) in [6, 6.07) is 0.619. The fraction of sp³-hybridized carbons (Fsp3) is 1.00. The van der Waals surface area contributed by atoms with Crippen LogP contribution in [0.15, 0.2) is 0 Å². The maximum absolute atomic E-state index is 4.20. The van der Waals surface area contributed by atoms with Gasteiger partial charge in [-0.15, -0.1) is 13.1 Å². The first-order valence-electron chi connectivity index (χ1n) is 2.76. The maximum Gasteiger partial charge on any atom is -0.0150 e. The zero-order valence-corrected chi connectivity index (χ0v) is 4.65. The summed E-state index contributed by atoms with van der Waals surface area (Å²) in [5.74, 6) is 0. The molecule has 0 aromatic heterocycles. The topological polar surface area (TPSA) is 26.1 Å². The van der Waals surface area contributed by atoms with Crippen LogP contribution in [0, 0.1) is 0 Å². The van der Waals surface area contributed by atoms with Crippen LogP contribution in [0.25, 0.3) is 5.32 Å². The predicted octanol–water partition coefficient (Wildman–Crippen LogP) is 0.352. The molecule has 1 atom stereocenters. The average Bonchev–Trinajstić information content (AvgIpc) is 1.69. The number of piperazine rings is 1. The molecule has 1 rings (SSSR count). The molecule has 0 saturated carbocycles. The van der Waals surface area contributed by atoms with Crippen LogP contribution in [0.4, 0.5) is 0 Å². The van der Waals surface area contributed by atoms with E-state index in [0.717, 1.165) is 19.6 Å². The molecule has 1 fully saturated rings. The van der Waals surface area contributed by atoms with Crippen LogP contribution < -0.4 is 5.32 Å². The van der Waals surface area contributed by atoms with Gasteiger partial charge >= 0.3 is 0 Å². The third-order valence-corrected chi connectivity index (χ3v) is 1.17. The Hall–Kier alpha value is -0.0800. The Kier molecular flexibility index (Phi) is 1.65. The lowest BCUT2D eigenvalue weighted by atomic mass is 10.3. The second kappa shape index (κ2) is 2.28. The molecule has 1 unspecified atom stereocenters. The quantitative estimate of drug-likeness (QED) is 0.466. The molecule has 42 valence electrons. The predicted molar refractivity (Wildman–Crippen MR) is 30.6 cm³/mol. The van der Waals surface area contributed by atoms with Gasteiger partial charge in [0, 0.05) is 0 Å². The van der Waals surface area contributed by atoms with E-state index in [0.29, 0.717) is 6.04 Å². The fourth-order valence-corrected chi connectivity index (χ4v) is 0.739. The molecule has 1 heterocycles. The standard InChI is InChI=1S/C5H11N2/c1-5-4-6-2-3-7-5/h5,7H,2-4H2,1H3/q-1. The zero-order chi connectivity index (χ0) is 5.11. The highest BCUT2D eigenvalue weighted by Gasteiger charge is 1.94. The number of rotatable bonds is 0. The van der Waals surface area contributed by atoms with Gasteiger partial charge in [-0.2, -0.15) is 0 Å². The van der Waals surface area contributed by atoms with Crippen molar-refractivity contribution in [2.45, 2.75) is 13.0 Å². The Morgan fingerprint density at radius 2 is 2.57 bits per heavy atom. The minimum Gasteiger partial charge on any atom is -0.660 e. The Morgan fingerprint density at radius 1 is 1.71 bits per heavy atom. The van der Waals surface area contributed by atoms with E-state index in [1.165, 1.54) is 0 Å². The van der Waals surface area contributed by atoms with Gasteiger partial charge in [0.2, 0.25) is 0 Å². The molecule has 0 radical (unpaired) electrons. The lowest BCUT2D eigenvalue weighted by molar-refractivity contribution is 0.545. The van der Waals surface area contributed by atoms with Crippen molar-refractivity contribution in [1.82, 2.24) is 5.32 Å². The molecule has 1 aliphatic heterocycles. The number of nitrogens with one attached hydrogen (secondary N) is 1. The summed E-state index contributed by atoms with van der Waals surface area (Å²) in [7, 11) is 0. The van der Waals surface area contributed by atoms with Crippen LogP contribution in [0.1, 0.15) is 6.92 Å². The monoisotopic (exact) mass is 99.1 g/mol. The van der Waals surface area contributed by atoms with E-state index in [9.17, 15) is 0 Å². The van der Waals surface area contributed by atoms with Gasteiger partial charge in [0.25, 0.3) is 0 Å². The summed E-state index contributed by atoms with van der Waals surface area (Å²) in [5, 5.41) is 7.48. The van der Waals surface area contributed by atoms with Crippen molar-refractivity contribution < 1.29 is 0 Å². The first-order valence-corrected chi connectivity index (χ1v) is 2.76. The van der Waals surface area contributed by atoms with E-state index >= 15 is 0 Å². The minimum absolute atomic E-state index is 0.619. The molecule has 0 spiro atoms. The van der Waals surface area contributed by atoms with E-state index in [1.807, 2.05) is 0 Å². The van der Waals surface area contributed by atoms with E-state index in [4.69, 9.17) is 0 Å². The molecule has 1 N–H and O–H groups in total. The van der Waals surface area contributed by atoms with E-state index in [1.54, 1.807) is 0 Å². The van der Waals surface area contributed by atoms with Crippen LogP contribution in [-0.4, -0.2) is 25.7 Å². The van der Waals surface area contributed by atoms with Gasteiger partial charge in [0.1, 0.15) is 0 Å². The number of hydrogen-bond donors (Lipinski definition) is 1. The van der Waals surface area contributed by atoms with Crippen molar-refractivity contribution in [2.75, 3.05) is 19.6 Å². The molecular weight excluding hydrogens is 88.1 g/mol. The zero-order valence-electron chi connectivity index (χ0n) is 4.65. The van der Waals surface area contributed by atoms with Crippen molar-refractivity contribution in [2.24, 2.45) is 0 Å². The lowest BCUT2D eigenvalue weighted by Crippen LogP contribution is -2.36. The average molecular weight is 99.2 g/mol. The molecule has 0 aromatic carbocycles. The smallest absolute Gasteiger partial charge is 0.0150 e. The van der Waals surface area contributed by atoms with Crippen LogP contribution in [0.2, 0.25) is 0 Å². The van der Waals surface area contributed by atoms with Gasteiger partial charge in [0.05, 0.1) is 0 Å². The SMILES string of the molecule is CC1C[N-]CCN1. The lowest BCUT2D eigenvalue weighted by Gasteiger charge is -2.31. The summed E-state index contributed by atoms with van der Waals surface area (Å²) in [6.45, 7) is 5.23. The Morgan fingerprint density at radius 3 is 2.86 bits per heavy atom. The Bertz CT molecular complexity index is 48.0. The van der Waals surface area contributed by atoms with Gasteiger partial charge in [-0.25, -0.2) is 0 Å². The van der Waals surface area contributed by atoms with Crippen molar-refractivity contribution >= 4 is 0 Å². The van der Waals surface area contributed by atoms with E-state index in [2.05, 4.69) is 17.6 Å². The van der Waals surface area contributed by atoms with Crippen LogP contribution in [-0.2, 0) is 0 Å². The second-order valence-electron chi connectivity index (χ2n) is 1.98. The molecule has 2 heteroatoms. The largest absolute Gasteiger partial charge is 0.660 e. The van der Waals surface area contributed by atoms with Gasteiger partial charge < -0.3 is 10.6 Å². The van der Waals surface area contributed by atoms with Crippen LogP contribution >= 0.6 is 0 Å². The van der Waals surface area contributed by atoms with Crippen molar-refractivity contribution in [1.29, 1.82) is 0 Å². The van der Waals surface area contributed by atoms with Gasteiger partial charge in [-0.05, 0) is 12.6 Å². The molecule has 1 aliphatic rings. The summed E-state index contributed by atoms with van der Waals surface area (Å²) in [5.41, 5.74) is 0. The molecule has 7 heavy (non-hydrogen) atoms. The maximum atomic E-state index is 4.20. The molecule has 1 saturated heterocycles. The van der Waals surface area contributed by atoms with Crippen molar-refractivity contribution in [3.8, 4) is 0 Å². The van der Waals surface area contributed by atoms with Crippen molar-refractivity contribution in [3.63, 3.8) is 0 Å². The normalized spacial score (nSPS) is 33.0. The first-order chi connectivity index (χ1) is 3.39. The highest BCUT2D eigenvalue weighted by atomic mass is 15.0. The van der Waals surface area contributed by atoms with Gasteiger partial charge in [-0.1, -0.05) is 6.92 Å². The van der Waals surface area contributed by atoms with Crippen molar-refractivity contribution in [3.05, 3.63) is 5.32 Å². The molecule has 0 aliphatic carbocycles. The summed E-state index contributed by atoms with van der Waals surface area (Å²) >= 11 is 0. The van der Waals surface area contributed by atoms with Crippen LogP contribution in [0.5, 0.6) is 0 Å². The highest BCUT2D eigenvalue weighted by Crippen LogP contribution is 1.95. The summed E-state index contributed by atoms with van der Waals surface area (Å²) in [4.78, 5) is 0.